The van der Waals surface area contributed by atoms with Crippen molar-refractivity contribution in [1.29, 1.82) is 0 Å². The number of Topliss-reactive ketones (excluding diaryl/α,β-unsaturated/α-hetero) is 1. The molecule has 0 unspecified atom stereocenters. The number of allylic oxidation sites excluding steroid dienone is 1. The summed E-state index contributed by atoms with van der Waals surface area (Å²) in [6, 6.07) is 14.3. The molecule has 0 bridgehead atoms. The van der Waals surface area contributed by atoms with Gasteiger partial charge in [0.05, 0.1) is 20.0 Å². The standard InChI is InChI=1S/C21H19N3O4S/c1-27-18-10-8-15(12-19(18)28-2)9-11-20(26)24-14-22-23-21(24)29-13-17(25)16-6-4-3-5-7-16/h3-12,14H,13H2,1-2H3/b11-9+. The molecule has 0 aliphatic heterocycles. The normalized spacial score (nSPS) is 10.8. The average molecular weight is 409 g/mol. The second-order valence-electron chi connectivity index (χ2n) is 5.85. The molecule has 0 aliphatic rings. The third-order valence-electron chi connectivity index (χ3n) is 4.01. The van der Waals surface area contributed by atoms with Gasteiger partial charge < -0.3 is 9.47 Å². The Labute approximate surface area is 172 Å². The van der Waals surface area contributed by atoms with E-state index < -0.39 is 0 Å². The zero-order valence-corrected chi connectivity index (χ0v) is 16.8. The zero-order valence-electron chi connectivity index (χ0n) is 15.9. The van der Waals surface area contributed by atoms with Crippen LogP contribution in [-0.2, 0) is 0 Å². The molecule has 0 saturated heterocycles. The lowest BCUT2D eigenvalue weighted by molar-refractivity contribution is 0.0957. The molecule has 1 aromatic heterocycles. The number of thioether (sulfide) groups is 1. The number of aromatic nitrogens is 3. The highest BCUT2D eigenvalue weighted by Crippen LogP contribution is 2.28. The van der Waals surface area contributed by atoms with E-state index in [0.29, 0.717) is 22.2 Å². The molecule has 2 aromatic carbocycles. The first-order chi connectivity index (χ1) is 14.1. The van der Waals surface area contributed by atoms with Crippen LogP contribution in [-0.4, -0.2) is 46.4 Å². The van der Waals surface area contributed by atoms with E-state index in [9.17, 15) is 9.59 Å². The molecule has 1 heterocycles. The highest BCUT2D eigenvalue weighted by molar-refractivity contribution is 7.99. The summed E-state index contributed by atoms with van der Waals surface area (Å²) in [5, 5.41) is 8.09. The summed E-state index contributed by atoms with van der Waals surface area (Å²) in [6.07, 6.45) is 4.40. The Kier molecular flexibility index (Phi) is 6.80. The van der Waals surface area contributed by atoms with Crippen molar-refractivity contribution in [2.24, 2.45) is 0 Å². The smallest absolute Gasteiger partial charge is 0.258 e. The lowest BCUT2D eigenvalue weighted by Crippen LogP contribution is -2.09. The molecule has 0 radical (unpaired) electrons. The van der Waals surface area contributed by atoms with E-state index in [2.05, 4.69) is 10.2 Å². The third-order valence-corrected chi connectivity index (χ3v) is 4.95. The Balaban J connectivity index is 1.67. The van der Waals surface area contributed by atoms with Crippen LogP contribution < -0.4 is 9.47 Å². The Morgan fingerprint density at radius 2 is 1.83 bits per heavy atom. The molecule has 0 spiro atoms. The Hall–Kier alpha value is -3.39. The second kappa shape index (κ2) is 9.70. The molecule has 0 aliphatic carbocycles. The molecule has 0 saturated carbocycles. The highest BCUT2D eigenvalue weighted by atomic mass is 32.2. The fourth-order valence-electron chi connectivity index (χ4n) is 2.52. The largest absolute Gasteiger partial charge is 0.493 e. The topological polar surface area (TPSA) is 83.3 Å². The first-order valence-corrected chi connectivity index (χ1v) is 9.66. The van der Waals surface area contributed by atoms with Crippen LogP contribution in [0.2, 0.25) is 0 Å². The third kappa shape index (κ3) is 5.11. The van der Waals surface area contributed by atoms with Gasteiger partial charge in [0.2, 0.25) is 0 Å². The number of carbonyl (C=O) groups excluding carboxylic acids is 2. The first-order valence-electron chi connectivity index (χ1n) is 8.68. The van der Waals surface area contributed by atoms with Crippen molar-refractivity contribution in [3.8, 4) is 11.5 Å². The van der Waals surface area contributed by atoms with Gasteiger partial charge >= 0.3 is 0 Å². The zero-order chi connectivity index (χ0) is 20.6. The molecule has 3 rings (SSSR count). The van der Waals surface area contributed by atoms with Gasteiger partial charge in [0, 0.05) is 11.6 Å². The maximum atomic E-state index is 12.5. The van der Waals surface area contributed by atoms with Gasteiger partial charge in [0.15, 0.2) is 22.4 Å². The highest BCUT2D eigenvalue weighted by Gasteiger charge is 2.13. The number of ether oxygens (including phenoxy) is 2. The van der Waals surface area contributed by atoms with Gasteiger partial charge in [-0.3, -0.25) is 9.59 Å². The number of carbonyl (C=O) groups is 2. The summed E-state index contributed by atoms with van der Waals surface area (Å²) in [7, 11) is 3.11. The first kappa shape index (κ1) is 20.3. The van der Waals surface area contributed by atoms with Gasteiger partial charge in [-0.05, 0) is 23.8 Å². The fourth-order valence-corrected chi connectivity index (χ4v) is 3.32. The fraction of sp³-hybridized carbons (Fsp3) is 0.143. The quantitative estimate of drug-likeness (QED) is 0.319. The molecule has 0 atom stereocenters. The van der Waals surface area contributed by atoms with Crippen molar-refractivity contribution in [3.63, 3.8) is 0 Å². The van der Waals surface area contributed by atoms with E-state index >= 15 is 0 Å². The lowest BCUT2D eigenvalue weighted by Gasteiger charge is -2.07. The van der Waals surface area contributed by atoms with E-state index in [4.69, 9.17) is 9.47 Å². The van der Waals surface area contributed by atoms with Crippen molar-refractivity contribution in [2.45, 2.75) is 5.16 Å². The van der Waals surface area contributed by atoms with E-state index in [0.717, 1.165) is 5.56 Å². The molecular formula is C21H19N3O4S. The van der Waals surface area contributed by atoms with Crippen molar-refractivity contribution in [1.82, 2.24) is 14.8 Å². The molecule has 29 heavy (non-hydrogen) atoms. The van der Waals surface area contributed by atoms with Gasteiger partial charge in [-0.25, -0.2) is 4.57 Å². The van der Waals surface area contributed by atoms with Crippen molar-refractivity contribution < 1.29 is 19.1 Å². The molecule has 0 N–H and O–H groups in total. The molecule has 3 aromatic rings. The van der Waals surface area contributed by atoms with Gasteiger partial charge in [-0.1, -0.05) is 48.2 Å². The lowest BCUT2D eigenvalue weighted by atomic mass is 10.2. The summed E-state index contributed by atoms with van der Waals surface area (Å²) >= 11 is 1.17. The number of nitrogens with zero attached hydrogens (tertiary/aromatic N) is 3. The Bertz CT molecular complexity index is 1030. The minimum atomic E-state index is -0.320. The number of hydrogen-bond acceptors (Lipinski definition) is 7. The van der Waals surface area contributed by atoms with E-state index in [1.54, 1.807) is 44.6 Å². The van der Waals surface area contributed by atoms with Crippen LogP contribution in [0.5, 0.6) is 11.5 Å². The van der Waals surface area contributed by atoms with Gasteiger partial charge in [0.1, 0.15) is 6.33 Å². The van der Waals surface area contributed by atoms with E-state index in [1.807, 2.05) is 24.3 Å². The summed E-state index contributed by atoms with van der Waals surface area (Å²) in [5.41, 5.74) is 1.39. The van der Waals surface area contributed by atoms with Gasteiger partial charge in [-0.2, -0.15) is 0 Å². The van der Waals surface area contributed by atoms with Gasteiger partial charge in [0.25, 0.3) is 5.91 Å². The van der Waals surface area contributed by atoms with Crippen molar-refractivity contribution in [2.75, 3.05) is 20.0 Å². The summed E-state index contributed by atoms with van der Waals surface area (Å²) < 4.78 is 11.8. The predicted octanol–water partition coefficient (Wildman–Crippen LogP) is 3.62. The minimum Gasteiger partial charge on any atom is -0.493 e. The SMILES string of the molecule is COc1ccc(/C=C/C(=O)n2cnnc2SCC(=O)c2ccccc2)cc1OC. The van der Waals surface area contributed by atoms with E-state index in [1.165, 1.54) is 28.7 Å². The van der Waals surface area contributed by atoms with Crippen LogP contribution in [0, 0.1) is 0 Å². The van der Waals surface area contributed by atoms with Crippen LogP contribution >= 0.6 is 11.8 Å². The number of rotatable bonds is 8. The number of ketones is 1. The summed E-state index contributed by atoms with van der Waals surface area (Å²) in [4.78, 5) is 24.8. The molecule has 0 amide bonds. The molecule has 0 fully saturated rings. The number of methoxy groups -OCH3 is 2. The summed E-state index contributed by atoms with van der Waals surface area (Å²) in [6.45, 7) is 0. The van der Waals surface area contributed by atoms with Crippen LogP contribution in [0.1, 0.15) is 20.7 Å². The van der Waals surface area contributed by atoms with Crippen LogP contribution in [0.15, 0.2) is 66.1 Å². The maximum absolute atomic E-state index is 12.5. The maximum Gasteiger partial charge on any atom is 0.258 e. The molecule has 8 heteroatoms. The number of benzene rings is 2. The van der Waals surface area contributed by atoms with Crippen LogP contribution in [0.4, 0.5) is 0 Å². The minimum absolute atomic E-state index is 0.0431. The Morgan fingerprint density at radius 3 is 2.55 bits per heavy atom. The monoisotopic (exact) mass is 409 g/mol. The predicted molar refractivity (Wildman–Crippen MR) is 111 cm³/mol. The van der Waals surface area contributed by atoms with Gasteiger partial charge in [-0.15, -0.1) is 10.2 Å². The summed E-state index contributed by atoms with van der Waals surface area (Å²) in [5.74, 6) is 0.978. The van der Waals surface area contributed by atoms with Crippen LogP contribution in [0.3, 0.4) is 0 Å². The van der Waals surface area contributed by atoms with Crippen molar-refractivity contribution >= 4 is 29.5 Å². The molecular weight excluding hydrogens is 390 g/mol. The second-order valence-corrected chi connectivity index (χ2v) is 6.79. The Morgan fingerprint density at radius 1 is 1.07 bits per heavy atom. The molecule has 148 valence electrons. The van der Waals surface area contributed by atoms with Crippen molar-refractivity contribution in [3.05, 3.63) is 72.1 Å². The van der Waals surface area contributed by atoms with Crippen LogP contribution in [0.25, 0.3) is 6.08 Å². The molecule has 7 nitrogen and oxygen atoms in total. The van der Waals surface area contributed by atoms with E-state index in [-0.39, 0.29) is 17.4 Å². The average Bonchev–Trinajstić information content (AvgIpc) is 3.24. The number of hydrogen-bond donors (Lipinski definition) is 0.